The Kier molecular flexibility index (Phi) is 5.01. The van der Waals surface area contributed by atoms with Gasteiger partial charge in [0.2, 0.25) is 10.0 Å². The van der Waals surface area contributed by atoms with Crippen LogP contribution < -0.4 is 4.74 Å². The van der Waals surface area contributed by atoms with Gasteiger partial charge < -0.3 is 9.84 Å². The van der Waals surface area contributed by atoms with Crippen molar-refractivity contribution < 1.29 is 23.1 Å². The molecule has 0 heterocycles. The third kappa shape index (κ3) is 3.05. The van der Waals surface area contributed by atoms with E-state index in [2.05, 4.69) is 0 Å². The number of carbonyl (C=O) groups is 1. The van der Waals surface area contributed by atoms with Crippen LogP contribution in [0, 0.1) is 6.92 Å². The second kappa shape index (κ2) is 5.99. The molecule has 0 fully saturated rings. The van der Waals surface area contributed by atoms with E-state index in [4.69, 9.17) is 21.4 Å². The van der Waals surface area contributed by atoms with Gasteiger partial charge in [-0.2, -0.15) is 4.31 Å². The number of halogens is 1. The molecule has 1 atom stereocenters. The Morgan fingerprint density at radius 2 is 2.00 bits per heavy atom. The summed E-state index contributed by atoms with van der Waals surface area (Å²) in [5.74, 6) is -0.870. The fourth-order valence-corrected chi connectivity index (χ4v) is 3.44. The topological polar surface area (TPSA) is 83.9 Å². The number of ether oxygens (including phenoxy) is 1. The van der Waals surface area contributed by atoms with Crippen LogP contribution in [0.4, 0.5) is 0 Å². The van der Waals surface area contributed by atoms with Crippen LogP contribution in [0.1, 0.15) is 12.5 Å². The lowest BCUT2D eigenvalue weighted by Gasteiger charge is -2.22. The first-order chi connectivity index (χ1) is 9.12. The molecule has 0 amide bonds. The second-order valence-electron chi connectivity index (χ2n) is 4.29. The zero-order chi connectivity index (χ0) is 15.7. The quantitative estimate of drug-likeness (QED) is 0.893. The Balaban J connectivity index is 3.36. The van der Waals surface area contributed by atoms with Gasteiger partial charge in [-0.05, 0) is 31.5 Å². The molecule has 8 heteroatoms. The lowest BCUT2D eigenvalue weighted by atomic mass is 10.2. The Morgan fingerprint density at radius 3 is 2.45 bits per heavy atom. The molecule has 0 bridgehead atoms. The summed E-state index contributed by atoms with van der Waals surface area (Å²) in [6, 6.07) is 1.57. The standard InChI is InChI=1S/C12H16ClNO5S/c1-7-5-10(19-4)9(13)6-11(7)20(17,18)14(3)8(2)12(15)16/h5-6,8H,1-4H3,(H,15,16). The van der Waals surface area contributed by atoms with Gasteiger partial charge in [0.1, 0.15) is 11.8 Å². The summed E-state index contributed by atoms with van der Waals surface area (Å²) in [4.78, 5) is 10.9. The number of carboxylic acid groups (broad SMARTS) is 1. The number of carboxylic acids is 1. The summed E-state index contributed by atoms with van der Waals surface area (Å²) in [7, 11) is -1.31. The Labute approximate surface area is 123 Å². The number of aliphatic carboxylic acids is 1. The molecule has 112 valence electrons. The minimum absolute atomic E-state index is 0.0427. The van der Waals surface area contributed by atoms with Gasteiger partial charge >= 0.3 is 5.97 Å². The van der Waals surface area contributed by atoms with Crippen molar-refractivity contribution in [3.05, 3.63) is 22.7 Å². The molecule has 0 aliphatic carbocycles. The minimum atomic E-state index is -3.95. The maximum atomic E-state index is 12.4. The summed E-state index contributed by atoms with van der Waals surface area (Å²) >= 11 is 5.93. The Bertz CT molecular complexity index is 629. The van der Waals surface area contributed by atoms with E-state index in [9.17, 15) is 13.2 Å². The maximum absolute atomic E-state index is 12.4. The summed E-state index contributed by atoms with van der Waals surface area (Å²) in [5.41, 5.74) is 0.427. The van der Waals surface area contributed by atoms with E-state index in [1.807, 2.05) is 0 Å². The highest BCUT2D eigenvalue weighted by Gasteiger charge is 2.31. The van der Waals surface area contributed by atoms with Gasteiger partial charge in [0.15, 0.2) is 0 Å². The van der Waals surface area contributed by atoms with E-state index < -0.39 is 22.0 Å². The molecule has 0 spiro atoms. The van der Waals surface area contributed by atoms with Gasteiger partial charge in [0.05, 0.1) is 17.0 Å². The lowest BCUT2D eigenvalue weighted by Crippen LogP contribution is -2.40. The fourth-order valence-electron chi connectivity index (χ4n) is 1.59. The molecule has 0 radical (unpaired) electrons. The number of aryl methyl sites for hydroxylation is 1. The Morgan fingerprint density at radius 1 is 1.45 bits per heavy atom. The molecular formula is C12H16ClNO5S. The van der Waals surface area contributed by atoms with Crippen LogP contribution >= 0.6 is 11.6 Å². The largest absolute Gasteiger partial charge is 0.495 e. The van der Waals surface area contributed by atoms with Crippen LogP contribution in [-0.4, -0.2) is 44.0 Å². The smallest absolute Gasteiger partial charge is 0.321 e. The van der Waals surface area contributed by atoms with Gasteiger partial charge in [0, 0.05) is 7.05 Å². The first-order valence-corrected chi connectivity index (χ1v) is 7.49. The monoisotopic (exact) mass is 321 g/mol. The van der Waals surface area contributed by atoms with Crippen molar-refractivity contribution in [2.24, 2.45) is 0 Å². The van der Waals surface area contributed by atoms with E-state index in [0.29, 0.717) is 11.3 Å². The van der Waals surface area contributed by atoms with Crippen molar-refractivity contribution >= 4 is 27.6 Å². The van der Waals surface area contributed by atoms with E-state index in [1.54, 1.807) is 6.92 Å². The molecule has 0 aliphatic heterocycles. The van der Waals surface area contributed by atoms with Crippen molar-refractivity contribution in [3.63, 3.8) is 0 Å². The van der Waals surface area contributed by atoms with E-state index in [-0.39, 0.29) is 9.92 Å². The molecule has 1 aromatic carbocycles. The molecule has 1 N–H and O–H groups in total. The van der Waals surface area contributed by atoms with Crippen LogP contribution in [0.3, 0.4) is 0 Å². The zero-order valence-electron chi connectivity index (χ0n) is 11.5. The molecule has 1 unspecified atom stereocenters. The molecule has 1 aromatic rings. The number of methoxy groups -OCH3 is 1. The van der Waals surface area contributed by atoms with Crippen molar-refractivity contribution in [2.45, 2.75) is 24.8 Å². The molecule has 0 aromatic heterocycles. The summed E-state index contributed by atoms with van der Waals surface area (Å²) in [6.45, 7) is 2.88. The van der Waals surface area contributed by atoms with Crippen LogP contribution in [0.5, 0.6) is 5.75 Å². The van der Waals surface area contributed by atoms with E-state index in [1.165, 1.54) is 33.2 Å². The highest BCUT2D eigenvalue weighted by molar-refractivity contribution is 7.89. The predicted molar refractivity (Wildman–Crippen MR) is 74.8 cm³/mol. The van der Waals surface area contributed by atoms with Gasteiger partial charge in [-0.25, -0.2) is 8.42 Å². The molecule has 6 nitrogen and oxygen atoms in total. The summed E-state index contributed by atoms with van der Waals surface area (Å²) < 4.78 is 30.6. The van der Waals surface area contributed by atoms with Gasteiger partial charge in [-0.3, -0.25) is 4.79 Å². The maximum Gasteiger partial charge on any atom is 0.321 e. The zero-order valence-corrected chi connectivity index (χ0v) is 13.1. The van der Waals surface area contributed by atoms with Crippen LogP contribution in [0.2, 0.25) is 5.02 Å². The Hall–Kier alpha value is -1.31. The number of benzene rings is 1. The number of hydrogen-bond acceptors (Lipinski definition) is 4. The van der Waals surface area contributed by atoms with Gasteiger partial charge in [-0.1, -0.05) is 11.6 Å². The number of sulfonamides is 1. The first kappa shape index (κ1) is 16.7. The average molecular weight is 322 g/mol. The van der Waals surface area contributed by atoms with E-state index >= 15 is 0 Å². The SMILES string of the molecule is COc1cc(C)c(S(=O)(=O)N(C)C(C)C(=O)O)cc1Cl. The van der Waals surface area contributed by atoms with Gasteiger partial charge in [-0.15, -0.1) is 0 Å². The normalized spacial score (nSPS) is 13.3. The highest BCUT2D eigenvalue weighted by atomic mass is 35.5. The minimum Gasteiger partial charge on any atom is -0.495 e. The summed E-state index contributed by atoms with van der Waals surface area (Å²) in [5, 5.41) is 9.06. The number of rotatable bonds is 5. The van der Waals surface area contributed by atoms with Crippen LogP contribution in [-0.2, 0) is 14.8 Å². The van der Waals surface area contributed by atoms with Crippen molar-refractivity contribution in [3.8, 4) is 5.75 Å². The number of likely N-dealkylation sites (N-methyl/N-ethyl adjacent to an activating group) is 1. The lowest BCUT2D eigenvalue weighted by molar-refractivity contribution is -0.140. The van der Waals surface area contributed by atoms with Crippen LogP contribution in [0.15, 0.2) is 17.0 Å². The predicted octanol–water partition coefficient (Wildman–Crippen LogP) is 1.75. The molecule has 0 saturated heterocycles. The average Bonchev–Trinajstić information content (AvgIpc) is 2.38. The third-order valence-electron chi connectivity index (χ3n) is 3.01. The molecule has 0 aliphatic rings. The second-order valence-corrected chi connectivity index (χ2v) is 6.66. The van der Waals surface area contributed by atoms with Crippen molar-refractivity contribution in [1.29, 1.82) is 0 Å². The number of hydrogen-bond donors (Lipinski definition) is 1. The first-order valence-electron chi connectivity index (χ1n) is 5.68. The third-order valence-corrected chi connectivity index (χ3v) is 5.37. The van der Waals surface area contributed by atoms with Gasteiger partial charge in [0.25, 0.3) is 0 Å². The summed E-state index contributed by atoms with van der Waals surface area (Å²) in [6.07, 6.45) is 0. The van der Waals surface area contributed by atoms with Crippen molar-refractivity contribution in [2.75, 3.05) is 14.2 Å². The number of nitrogens with zero attached hydrogens (tertiary/aromatic N) is 1. The molecule has 20 heavy (non-hydrogen) atoms. The highest BCUT2D eigenvalue weighted by Crippen LogP contribution is 2.31. The molecule has 0 saturated carbocycles. The van der Waals surface area contributed by atoms with Crippen LogP contribution in [0.25, 0.3) is 0 Å². The molecular weight excluding hydrogens is 306 g/mol. The van der Waals surface area contributed by atoms with Crippen molar-refractivity contribution in [1.82, 2.24) is 4.31 Å². The molecule has 1 rings (SSSR count). The van der Waals surface area contributed by atoms with E-state index in [0.717, 1.165) is 4.31 Å². The fraction of sp³-hybridized carbons (Fsp3) is 0.417.